The van der Waals surface area contributed by atoms with Crippen molar-refractivity contribution < 1.29 is 4.74 Å². The summed E-state index contributed by atoms with van der Waals surface area (Å²) in [5, 5.41) is 4.54. The summed E-state index contributed by atoms with van der Waals surface area (Å²) in [5.41, 5.74) is 4.10. The van der Waals surface area contributed by atoms with Gasteiger partial charge in [-0.3, -0.25) is 0 Å². The van der Waals surface area contributed by atoms with Crippen LogP contribution in [0.3, 0.4) is 0 Å². The van der Waals surface area contributed by atoms with Crippen molar-refractivity contribution in [2.24, 2.45) is 0 Å². The molecule has 28 heavy (non-hydrogen) atoms. The topological polar surface area (TPSA) is 69.9 Å². The van der Waals surface area contributed by atoms with Gasteiger partial charge in [0, 0.05) is 33.4 Å². The minimum atomic E-state index is -0.216. The van der Waals surface area contributed by atoms with Crippen molar-refractivity contribution in [2.45, 2.75) is 13.2 Å². The van der Waals surface area contributed by atoms with Gasteiger partial charge in [-0.2, -0.15) is 0 Å². The van der Waals surface area contributed by atoms with Gasteiger partial charge >= 0.3 is 5.69 Å². The van der Waals surface area contributed by atoms with Crippen LogP contribution in [-0.4, -0.2) is 9.97 Å². The zero-order chi connectivity index (χ0) is 19.5. The molecule has 0 saturated carbocycles. The standard InChI is InChI=1S/C21H17Cl2N3O2/c22-15-6-5-14(17(23)9-15)12-28-20-4-2-1-3-13(20)11-24-16-7-8-18-19(10-16)26-21(27)25-18/h1-10,24H,11-12H2,(H2,25,26,27). The summed E-state index contributed by atoms with van der Waals surface area (Å²) >= 11 is 12.2. The van der Waals surface area contributed by atoms with E-state index in [2.05, 4.69) is 15.3 Å². The molecule has 1 heterocycles. The number of aromatic amines is 2. The molecule has 0 bridgehead atoms. The number of para-hydroxylation sites is 1. The monoisotopic (exact) mass is 413 g/mol. The Bertz CT molecular complexity index is 1180. The summed E-state index contributed by atoms with van der Waals surface area (Å²) in [4.78, 5) is 16.9. The van der Waals surface area contributed by atoms with Crippen LogP contribution in [0.5, 0.6) is 5.75 Å². The Morgan fingerprint density at radius 2 is 1.71 bits per heavy atom. The molecule has 4 rings (SSSR count). The van der Waals surface area contributed by atoms with Gasteiger partial charge in [0.05, 0.1) is 11.0 Å². The highest BCUT2D eigenvalue weighted by atomic mass is 35.5. The molecule has 0 aliphatic carbocycles. The number of nitrogens with one attached hydrogen (secondary N) is 3. The third kappa shape index (κ3) is 4.16. The molecule has 3 aromatic carbocycles. The summed E-state index contributed by atoms with van der Waals surface area (Å²) in [6.45, 7) is 0.925. The van der Waals surface area contributed by atoms with Gasteiger partial charge in [-0.15, -0.1) is 0 Å². The van der Waals surface area contributed by atoms with Gasteiger partial charge in [0.15, 0.2) is 0 Å². The van der Waals surface area contributed by atoms with Crippen molar-refractivity contribution in [1.82, 2.24) is 9.97 Å². The van der Waals surface area contributed by atoms with E-state index in [9.17, 15) is 4.79 Å². The molecule has 0 unspecified atom stereocenters. The van der Waals surface area contributed by atoms with E-state index < -0.39 is 0 Å². The highest BCUT2D eigenvalue weighted by Gasteiger charge is 2.07. The Balaban J connectivity index is 1.46. The number of halogens is 2. The molecule has 0 fully saturated rings. The van der Waals surface area contributed by atoms with Crippen LogP contribution in [-0.2, 0) is 13.2 Å². The van der Waals surface area contributed by atoms with Crippen molar-refractivity contribution in [3.8, 4) is 5.75 Å². The quantitative estimate of drug-likeness (QED) is 0.398. The Morgan fingerprint density at radius 3 is 2.57 bits per heavy atom. The number of benzene rings is 3. The lowest BCUT2D eigenvalue weighted by molar-refractivity contribution is 0.303. The molecular weight excluding hydrogens is 397 g/mol. The maximum atomic E-state index is 11.4. The zero-order valence-corrected chi connectivity index (χ0v) is 16.3. The van der Waals surface area contributed by atoms with Crippen LogP contribution in [0.4, 0.5) is 5.69 Å². The molecule has 7 heteroatoms. The highest BCUT2D eigenvalue weighted by molar-refractivity contribution is 6.35. The molecule has 0 spiro atoms. The number of rotatable bonds is 6. The Kier molecular flexibility index (Phi) is 5.28. The molecular formula is C21H17Cl2N3O2. The van der Waals surface area contributed by atoms with E-state index in [-0.39, 0.29) is 5.69 Å². The summed E-state index contributed by atoms with van der Waals surface area (Å²) in [6, 6.07) is 18.9. The van der Waals surface area contributed by atoms with Gasteiger partial charge in [0.2, 0.25) is 0 Å². The first kappa shape index (κ1) is 18.5. The smallest absolute Gasteiger partial charge is 0.323 e. The Morgan fingerprint density at radius 1 is 0.893 bits per heavy atom. The number of anilines is 1. The average molecular weight is 414 g/mol. The van der Waals surface area contributed by atoms with Gasteiger partial charge in [0.1, 0.15) is 12.4 Å². The van der Waals surface area contributed by atoms with E-state index in [0.717, 1.165) is 33.6 Å². The van der Waals surface area contributed by atoms with E-state index in [1.165, 1.54) is 0 Å². The zero-order valence-electron chi connectivity index (χ0n) is 14.8. The van der Waals surface area contributed by atoms with Gasteiger partial charge < -0.3 is 20.0 Å². The van der Waals surface area contributed by atoms with E-state index in [1.54, 1.807) is 12.1 Å². The van der Waals surface area contributed by atoms with Crippen molar-refractivity contribution in [2.75, 3.05) is 5.32 Å². The largest absolute Gasteiger partial charge is 0.488 e. The van der Waals surface area contributed by atoms with Crippen LogP contribution in [0.25, 0.3) is 11.0 Å². The molecule has 142 valence electrons. The van der Waals surface area contributed by atoms with Crippen LogP contribution in [0, 0.1) is 0 Å². The first-order chi connectivity index (χ1) is 13.6. The van der Waals surface area contributed by atoms with Crippen LogP contribution in [0.1, 0.15) is 11.1 Å². The van der Waals surface area contributed by atoms with Crippen LogP contribution >= 0.6 is 23.2 Å². The van der Waals surface area contributed by atoms with Crippen molar-refractivity contribution >= 4 is 39.9 Å². The first-order valence-electron chi connectivity index (χ1n) is 8.69. The van der Waals surface area contributed by atoms with Gasteiger partial charge in [-0.1, -0.05) is 47.5 Å². The van der Waals surface area contributed by atoms with Crippen LogP contribution in [0.2, 0.25) is 10.0 Å². The summed E-state index contributed by atoms with van der Waals surface area (Å²) in [6.07, 6.45) is 0. The first-order valence-corrected chi connectivity index (χ1v) is 9.44. The fourth-order valence-electron chi connectivity index (χ4n) is 2.92. The summed E-state index contributed by atoms with van der Waals surface area (Å²) in [7, 11) is 0. The minimum Gasteiger partial charge on any atom is -0.488 e. The highest BCUT2D eigenvalue weighted by Crippen LogP contribution is 2.25. The van der Waals surface area contributed by atoms with Crippen LogP contribution < -0.4 is 15.7 Å². The molecule has 0 atom stereocenters. The molecule has 0 aliphatic heterocycles. The fraction of sp³-hybridized carbons (Fsp3) is 0.0952. The van der Waals surface area contributed by atoms with Gasteiger partial charge in [-0.25, -0.2) is 4.79 Å². The minimum absolute atomic E-state index is 0.216. The van der Waals surface area contributed by atoms with Crippen molar-refractivity contribution in [3.05, 3.63) is 92.3 Å². The molecule has 0 radical (unpaired) electrons. The molecule has 3 N–H and O–H groups in total. The molecule has 0 aliphatic rings. The SMILES string of the molecule is O=c1[nH]c2ccc(NCc3ccccc3OCc3ccc(Cl)cc3Cl)cc2[nH]1. The molecule has 4 aromatic rings. The number of ether oxygens (including phenoxy) is 1. The number of H-pyrrole nitrogens is 2. The second-order valence-corrected chi connectivity index (χ2v) is 7.17. The molecule has 5 nitrogen and oxygen atoms in total. The predicted octanol–water partition coefficient (Wildman–Crippen LogP) is 5.35. The van der Waals surface area contributed by atoms with E-state index in [4.69, 9.17) is 27.9 Å². The lowest BCUT2D eigenvalue weighted by Crippen LogP contribution is -2.04. The second kappa shape index (κ2) is 8.00. The maximum Gasteiger partial charge on any atom is 0.323 e. The Hall–Kier alpha value is -2.89. The summed E-state index contributed by atoms with van der Waals surface area (Å²) in [5.74, 6) is 0.775. The molecule has 1 aromatic heterocycles. The number of imidazole rings is 1. The second-order valence-electron chi connectivity index (χ2n) is 6.33. The van der Waals surface area contributed by atoms with E-state index in [0.29, 0.717) is 23.2 Å². The van der Waals surface area contributed by atoms with E-state index in [1.807, 2.05) is 48.5 Å². The molecule has 0 amide bonds. The predicted molar refractivity (Wildman–Crippen MR) is 113 cm³/mol. The van der Waals surface area contributed by atoms with Crippen molar-refractivity contribution in [3.63, 3.8) is 0 Å². The molecule has 0 saturated heterocycles. The maximum absolute atomic E-state index is 11.4. The van der Waals surface area contributed by atoms with E-state index >= 15 is 0 Å². The number of hydrogen-bond donors (Lipinski definition) is 3. The third-order valence-corrected chi connectivity index (χ3v) is 4.96. The van der Waals surface area contributed by atoms with Crippen molar-refractivity contribution in [1.29, 1.82) is 0 Å². The Labute approximate surface area is 171 Å². The van der Waals surface area contributed by atoms with Gasteiger partial charge in [0.25, 0.3) is 0 Å². The average Bonchev–Trinajstić information content (AvgIpc) is 3.05. The third-order valence-electron chi connectivity index (χ3n) is 4.37. The summed E-state index contributed by atoms with van der Waals surface area (Å²) < 4.78 is 5.99. The normalized spacial score (nSPS) is 10.9. The fourth-order valence-corrected chi connectivity index (χ4v) is 3.39. The number of hydrogen-bond acceptors (Lipinski definition) is 3. The van der Waals surface area contributed by atoms with Gasteiger partial charge in [-0.05, 0) is 36.4 Å². The lowest BCUT2D eigenvalue weighted by Gasteiger charge is -2.13. The number of fused-ring (bicyclic) bond motifs is 1. The lowest BCUT2D eigenvalue weighted by atomic mass is 10.2. The van der Waals surface area contributed by atoms with Crippen LogP contribution in [0.15, 0.2) is 65.5 Å². The number of aromatic nitrogens is 2.